The summed E-state index contributed by atoms with van der Waals surface area (Å²) in [6.07, 6.45) is 3.37. The number of amides is 2. The molecule has 1 heterocycles. The second-order valence-corrected chi connectivity index (χ2v) is 5.59. The summed E-state index contributed by atoms with van der Waals surface area (Å²) in [6, 6.07) is 6.97. The predicted octanol–water partition coefficient (Wildman–Crippen LogP) is 2.48. The Morgan fingerprint density at radius 3 is 2.86 bits per heavy atom. The summed E-state index contributed by atoms with van der Waals surface area (Å²) in [5.41, 5.74) is 1.48. The molecule has 1 aromatic carbocycles. The van der Waals surface area contributed by atoms with Crippen LogP contribution in [0.15, 0.2) is 29.8 Å². The number of nitrogens with one attached hydrogen (secondary N) is 1. The third-order valence-electron chi connectivity index (χ3n) is 3.63. The summed E-state index contributed by atoms with van der Waals surface area (Å²) in [6.45, 7) is 2.39. The van der Waals surface area contributed by atoms with Crippen LogP contribution in [0.5, 0.6) is 0 Å². The number of nitrogens with zero attached hydrogens (tertiary/aromatic N) is 1. The SMILES string of the molecule is CNC(=O)C1CCCN1C(=O)/C(C)=C/c1cccc(Cl)c1. The lowest BCUT2D eigenvalue weighted by Crippen LogP contribution is -2.45. The van der Waals surface area contributed by atoms with Crippen LogP contribution in [-0.4, -0.2) is 36.3 Å². The van der Waals surface area contributed by atoms with Gasteiger partial charge in [0.25, 0.3) is 0 Å². The van der Waals surface area contributed by atoms with Gasteiger partial charge in [-0.2, -0.15) is 0 Å². The first-order valence-corrected chi connectivity index (χ1v) is 7.37. The van der Waals surface area contributed by atoms with Crippen molar-refractivity contribution in [2.75, 3.05) is 13.6 Å². The number of hydrogen-bond acceptors (Lipinski definition) is 2. The van der Waals surface area contributed by atoms with Gasteiger partial charge in [-0.1, -0.05) is 23.7 Å². The van der Waals surface area contributed by atoms with Gasteiger partial charge in [0.2, 0.25) is 11.8 Å². The first-order chi connectivity index (χ1) is 10.0. The maximum absolute atomic E-state index is 12.5. The van der Waals surface area contributed by atoms with Gasteiger partial charge in [-0.25, -0.2) is 0 Å². The number of benzene rings is 1. The average molecular weight is 307 g/mol. The molecule has 0 aliphatic carbocycles. The molecular formula is C16H19ClN2O2. The highest BCUT2D eigenvalue weighted by Crippen LogP contribution is 2.21. The molecule has 2 amide bonds. The van der Waals surface area contributed by atoms with Crippen molar-refractivity contribution < 1.29 is 9.59 Å². The zero-order valence-electron chi connectivity index (χ0n) is 12.2. The Hall–Kier alpha value is -1.81. The largest absolute Gasteiger partial charge is 0.357 e. The van der Waals surface area contributed by atoms with E-state index in [1.165, 1.54) is 0 Å². The van der Waals surface area contributed by atoms with Gasteiger partial charge in [-0.15, -0.1) is 0 Å². The van der Waals surface area contributed by atoms with Crippen molar-refractivity contribution in [3.05, 3.63) is 40.4 Å². The zero-order valence-corrected chi connectivity index (χ0v) is 13.0. The highest BCUT2D eigenvalue weighted by atomic mass is 35.5. The summed E-state index contributed by atoms with van der Waals surface area (Å²) in [4.78, 5) is 26.0. The average Bonchev–Trinajstić information content (AvgIpc) is 2.95. The van der Waals surface area contributed by atoms with E-state index >= 15 is 0 Å². The lowest BCUT2D eigenvalue weighted by molar-refractivity contribution is -0.135. The van der Waals surface area contributed by atoms with Crippen molar-refractivity contribution in [1.29, 1.82) is 0 Å². The minimum atomic E-state index is -0.356. The molecule has 0 saturated carbocycles. The Balaban J connectivity index is 2.17. The molecule has 1 unspecified atom stereocenters. The lowest BCUT2D eigenvalue weighted by Gasteiger charge is -2.23. The second kappa shape index (κ2) is 6.76. The van der Waals surface area contributed by atoms with E-state index in [0.29, 0.717) is 17.1 Å². The van der Waals surface area contributed by atoms with E-state index in [2.05, 4.69) is 5.32 Å². The lowest BCUT2D eigenvalue weighted by atomic mass is 10.1. The molecule has 0 aromatic heterocycles. The van der Waals surface area contributed by atoms with Crippen molar-refractivity contribution in [3.63, 3.8) is 0 Å². The van der Waals surface area contributed by atoms with E-state index in [-0.39, 0.29) is 17.9 Å². The Bertz CT molecular complexity index is 583. The van der Waals surface area contributed by atoms with Crippen LogP contribution < -0.4 is 5.32 Å². The third-order valence-corrected chi connectivity index (χ3v) is 3.87. The summed E-state index contributed by atoms with van der Waals surface area (Å²) in [5.74, 6) is -0.197. The molecule has 1 aliphatic rings. The van der Waals surface area contributed by atoms with Crippen molar-refractivity contribution in [1.82, 2.24) is 10.2 Å². The van der Waals surface area contributed by atoms with Crippen LogP contribution in [0.4, 0.5) is 0 Å². The summed E-state index contributed by atoms with van der Waals surface area (Å²) < 4.78 is 0. The first kappa shape index (κ1) is 15.6. The van der Waals surface area contributed by atoms with Gasteiger partial charge in [0.05, 0.1) is 0 Å². The van der Waals surface area contributed by atoms with Crippen LogP contribution in [-0.2, 0) is 9.59 Å². The quantitative estimate of drug-likeness (QED) is 0.872. The number of carbonyl (C=O) groups is 2. The minimum Gasteiger partial charge on any atom is -0.357 e. The summed E-state index contributed by atoms with van der Waals surface area (Å²) in [5, 5.41) is 3.25. The number of hydrogen-bond donors (Lipinski definition) is 1. The van der Waals surface area contributed by atoms with Crippen molar-refractivity contribution in [3.8, 4) is 0 Å². The standard InChI is InChI=1S/C16H19ClN2O2/c1-11(9-12-5-3-6-13(17)10-12)16(21)19-8-4-7-14(19)15(20)18-2/h3,5-6,9-10,14H,4,7-8H2,1-2H3,(H,18,20)/b11-9+. The molecule has 21 heavy (non-hydrogen) atoms. The van der Waals surface area contributed by atoms with Gasteiger partial charge in [0.15, 0.2) is 0 Å². The summed E-state index contributed by atoms with van der Waals surface area (Å²) in [7, 11) is 1.60. The molecule has 1 atom stereocenters. The Morgan fingerprint density at radius 1 is 1.43 bits per heavy atom. The van der Waals surface area contributed by atoms with Crippen LogP contribution in [0.25, 0.3) is 6.08 Å². The van der Waals surface area contributed by atoms with E-state index in [1.807, 2.05) is 12.1 Å². The maximum Gasteiger partial charge on any atom is 0.250 e. The molecule has 1 saturated heterocycles. The topological polar surface area (TPSA) is 49.4 Å². The van der Waals surface area contributed by atoms with Gasteiger partial charge < -0.3 is 10.2 Å². The molecular weight excluding hydrogens is 288 g/mol. The molecule has 1 fully saturated rings. The summed E-state index contributed by atoms with van der Waals surface area (Å²) >= 11 is 5.94. The fourth-order valence-electron chi connectivity index (χ4n) is 2.58. The fraction of sp³-hybridized carbons (Fsp3) is 0.375. The van der Waals surface area contributed by atoms with Crippen LogP contribution in [0.1, 0.15) is 25.3 Å². The van der Waals surface area contributed by atoms with Gasteiger partial charge >= 0.3 is 0 Å². The Kier molecular flexibility index (Phi) is 5.02. The predicted molar refractivity (Wildman–Crippen MR) is 83.9 cm³/mol. The number of halogens is 1. The Labute approximate surface area is 129 Å². The smallest absolute Gasteiger partial charge is 0.250 e. The fourth-order valence-corrected chi connectivity index (χ4v) is 2.78. The van der Waals surface area contributed by atoms with E-state index in [4.69, 9.17) is 11.6 Å². The van der Waals surface area contributed by atoms with E-state index in [9.17, 15) is 9.59 Å². The molecule has 112 valence electrons. The molecule has 2 rings (SSSR count). The Morgan fingerprint density at radius 2 is 2.19 bits per heavy atom. The van der Waals surface area contributed by atoms with Crippen LogP contribution in [0.3, 0.4) is 0 Å². The molecule has 0 bridgehead atoms. The van der Waals surface area contributed by atoms with Crippen LogP contribution in [0, 0.1) is 0 Å². The van der Waals surface area contributed by atoms with Crippen LogP contribution in [0.2, 0.25) is 5.02 Å². The van der Waals surface area contributed by atoms with Crippen molar-refractivity contribution in [2.45, 2.75) is 25.8 Å². The minimum absolute atomic E-state index is 0.0962. The first-order valence-electron chi connectivity index (χ1n) is 6.99. The zero-order chi connectivity index (χ0) is 15.4. The van der Waals surface area contributed by atoms with Gasteiger partial charge in [-0.05, 0) is 43.5 Å². The van der Waals surface area contributed by atoms with Crippen molar-refractivity contribution >= 4 is 29.5 Å². The highest BCUT2D eigenvalue weighted by Gasteiger charge is 2.33. The number of likely N-dealkylation sites (N-methyl/N-ethyl adjacent to an activating group) is 1. The number of likely N-dealkylation sites (tertiary alicyclic amines) is 1. The molecule has 1 aromatic rings. The van der Waals surface area contributed by atoms with Crippen molar-refractivity contribution in [2.24, 2.45) is 0 Å². The van der Waals surface area contributed by atoms with Gasteiger partial charge in [0.1, 0.15) is 6.04 Å². The molecule has 1 aliphatic heterocycles. The van der Waals surface area contributed by atoms with E-state index in [0.717, 1.165) is 18.4 Å². The maximum atomic E-state index is 12.5. The van der Waals surface area contributed by atoms with Gasteiger partial charge in [-0.3, -0.25) is 9.59 Å². The monoisotopic (exact) mass is 306 g/mol. The van der Waals surface area contributed by atoms with E-state index < -0.39 is 0 Å². The number of rotatable bonds is 3. The van der Waals surface area contributed by atoms with Gasteiger partial charge in [0, 0.05) is 24.2 Å². The molecule has 5 heteroatoms. The third kappa shape index (κ3) is 3.64. The molecule has 0 spiro atoms. The second-order valence-electron chi connectivity index (χ2n) is 5.15. The molecule has 1 N–H and O–H groups in total. The van der Waals surface area contributed by atoms with Crippen LogP contribution >= 0.6 is 11.6 Å². The normalized spacial score (nSPS) is 18.7. The molecule has 0 radical (unpaired) electrons. The molecule has 4 nitrogen and oxygen atoms in total. The number of carbonyl (C=O) groups excluding carboxylic acids is 2. The highest BCUT2D eigenvalue weighted by molar-refractivity contribution is 6.30. The van der Waals surface area contributed by atoms with E-state index in [1.54, 1.807) is 37.1 Å².